The van der Waals surface area contributed by atoms with E-state index in [0.717, 1.165) is 17.2 Å². The van der Waals surface area contributed by atoms with Gasteiger partial charge in [-0.05, 0) is 38.4 Å². The third-order valence-electron chi connectivity index (χ3n) is 3.45. The van der Waals surface area contributed by atoms with Gasteiger partial charge in [0.2, 0.25) is 0 Å². The molecule has 1 N–H and O–H groups in total. The van der Waals surface area contributed by atoms with Crippen LogP contribution in [0.1, 0.15) is 34.5 Å². The number of rotatable bonds is 4. The molecule has 0 saturated carbocycles. The lowest BCUT2D eigenvalue weighted by Crippen LogP contribution is -2.19. The molecule has 1 heterocycles. The smallest absolute Gasteiger partial charge is 0.140 e. The summed E-state index contributed by atoms with van der Waals surface area (Å²) in [4.78, 5) is 6.12. The van der Waals surface area contributed by atoms with Crippen molar-refractivity contribution in [1.82, 2.24) is 10.3 Å². The summed E-state index contributed by atoms with van der Waals surface area (Å²) in [5.41, 5.74) is 1.27. The van der Waals surface area contributed by atoms with Gasteiger partial charge in [0, 0.05) is 10.9 Å². The van der Waals surface area contributed by atoms with E-state index in [9.17, 15) is 0 Å². The molecule has 0 radical (unpaired) electrons. The molecule has 0 fully saturated rings. The van der Waals surface area contributed by atoms with Crippen LogP contribution in [0.2, 0.25) is 0 Å². The lowest BCUT2D eigenvalue weighted by Gasteiger charge is -2.20. The van der Waals surface area contributed by atoms with E-state index in [4.69, 9.17) is 9.72 Å². The highest BCUT2D eigenvalue weighted by atomic mass is 32.1. The molecule has 0 saturated heterocycles. The fraction of sp³-hybridized carbons (Fsp3) is 0.400. The normalized spacial score (nSPS) is 18.1. The first-order chi connectivity index (χ1) is 9.36. The van der Waals surface area contributed by atoms with Gasteiger partial charge in [0.1, 0.15) is 17.4 Å². The maximum atomic E-state index is 5.77. The van der Waals surface area contributed by atoms with Crippen molar-refractivity contribution in [3.05, 3.63) is 45.9 Å². The minimum atomic E-state index is 0.478. The van der Waals surface area contributed by atoms with Gasteiger partial charge in [-0.2, -0.15) is 0 Å². The van der Waals surface area contributed by atoms with E-state index >= 15 is 0 Å². The highest BCUT2D eigenvalue weighted by Crippen LogP contribution is 2.34. The average molecular weight is 274 g/mol. The van der Waals surface area contributed by atoms with Crippen LogP contribution in [-0.4, -0.2) is 12.0 Å². The molecule has 0 amide bonds. The van der Waals surface area contributed by atoms with Crippen LogP contribution in [-0.2, 0) is 13.0 Å². The Morgan fingerprint density at radius 2 is 2.21 bits per heavy atom. The lowest BCUT2D eigenvalue weighted by molar-refractivity contribution is 0.305. The largest absolute Gasteiger partial charge is 0.486 e. The third-order valence-corrected chi connectivity index (χ3v) is 4.63. The SMILES string of the molecule is CNC1CCCc2nc(COc3ccccc3)sc21. The number of nitrogens with one attached hydrogen (secondary N) is 1. The van der Waals surface area contributed by atoms with Crippen LogP contribution >= 0.6 is 11.3 Å². The Morgan fingerprint density at radius 1 is 1.37 bits per heavy atom. The first-order valence-electron chi connectivity index (χ1n) is 6.70. The maximum Gasteiger partial charge on any atom is 0.140 e. The Kier molecular flexibility index (Phi) is 3.80. The monoisotopic (exact) mass is 274 g/mol. The van der Waals surface area contributed by atoms with E-state index in [1.165, 1.54) is 23.4 Å². The second-order valence-electron chi connectivity index (χ2n) is 4.75. The van der Waals surface area contributed by atoms with E-state index in [1.807, 2.05) is 37.4 Å². The second-order valence-corrected chi connectivity index (χ2v) is 5.87. The fourth-order valence-corrected chi connectivity index (χ4v) is 3.64. The average Bonchev–Trinajstić information content (AvgIpc) is 2.89. The van der Waals surface area contributed by atoms with Gasteiger partial charge in [0.25, 0.3) is 0 Å². The van der Waals surface area contributed by atoms with Crippen molar-refractivity contribution >= 4 is 11.3 Å². The van der Waals surface area contributed by atoms with Crippen molar-refractivity contribution < 1.29 is 4.74 Å². The standard InChI is InChI=1S/C15H18N2OS/c1-16-12-8-5-9-13-15(12)19-14(17-13)10-18-11-6-3-2-4-7-11/h2-4,6-7,12,16H,5,8-10H2,1H3. The van der Waals surface area contributed by atoms with Crippen LogP contribution in [0, 0.1) is 0 Å². The van der Waals surface area contributed by atoms with Crippen LogP contribution in [0.25, 0.3) is 0 Å². The summed E-state index contributed by atoms with van der Waals surface area (Å²) < 4.78 is 5.77. The number of thiazole rings is 1. The van der Waals surface area contributed by atoms with Crippen LogP contribution < -0.4 is 10.1 Å². The molecule has 1 unspecified atom stereocenters. The van der Waals surface area contributed by atoms with Crippen LogP contribution in [0.3, 0.4) is 0 Å². The number of ether oxygens (including phenoxy) is 1. The van der Waals surface area contributed by atoms with Gasteiger partial charge in [-0.15, -0.1) is 11.3 Å². The molecule has 100 valence electrons. The molecule has 2 aromatic rings. The molecule has 4 heteroatoms. The minimum absolute atomic E-state index is 0.478. The van der Waals surface area contributed by atoms with Crippen molar-refractivity contribution in [2.45, 2.75) is 31.9 Å². The molecular weight excluding hydrogens is 256 g/mol. The van der Waals surface area contributed by atoms with E-state index in [0.29, 0.717) is 12.6 Å². The molecular formula is C15H18N2OS. The Hall–Kier alpha value is -1.39. The summed E-state index contributed by atoms with van der Waals surface area (Å²) >= 11 is 1.79. The van der Waals surface area contributed by atoms with Gasteiger partial charge < -0.3 is 10.1 Å². The summed E-state index contributed by atoms with van der Waals surface area (Å²) in [6.45, 7) is 0.568. The van der Waals surface area contributed by atoms with E-state index in [1.54, 1.807) is 11.3 Å². The van der Waals surface area contributed by atoms with Crippen molar-refractivity contribution in [3.63, 3.8) is 0 Å². The van der Waals surface area contributed by atoms with Gasteiger partial charge in [-0.1, -0.05) is 18.2 Å². The summed E-state index contributed by atoms with van der Waals surface area (Å²) in [5.74, 6) is 0.904. The first-order valence-corrected chi connectivity index (χ1v) is 7.52. The summed E-state index contributed by atoms with van der Waals surface area (Å²) in [5, 5.41) is 4.46. The molecule has 1 aliphatic carbocycles. The first kappa shape index (κ1) is 12.6. The van der Waals surface area contributed by atoms with Crippen molar-refractivity contribution in [2.75, 3.05) is 7.05 Å². The molecule has 3 rings (SSSR count). The molecule has 0 spiro atoms. The molecule has 1 aromatic heterocycles. The number of aromatic nitrogens is 1. The van der Waals surface area contributed by atoms with E-state index in [2.05, 4.69) is 5.32 Å². The predicted molar refractivity (Wildman–Crippen MR) is 77.6 cm³/mol. The Balaban J connectivity index is 1.71. The topological polar surface area (TPSA) is 34.2 Å². The number of hydrogen-bond acceptors (Lipinski definition) is 4. The zero-order chi connectivity index (χ0) is 13.1. The minimum Gasteiger partial charge on any atom is -0.486 e. The Bertz CT molecular complexity index is 538. The lowest BCUT2D eigenvalue weighted by atomic mass is 9.98. The number of hydrogen-bond donors (Lipinski definition) is 1. The number of nitrogens with zero attached hydrogens (tertiary/aromatic N) is 1. The number of para-hydroxylation sites is 1. The Morgan fingerprint density at radius 3 is 3.00 bits per heavy atom. The van der Waals surface area contributed by atoms with Crippen molar-refractivity contribution in [3.8, 4) is 5.75 Å². The van der Waals surface area contributed by atoms with Crippen LogP contribution in [0.4, 0.5) is 0 Å². The molecule has 0 bridgehead atoms. The second kappa shape index (κ2) is 5.72. The highest BCUT2D eigenvalue weighted by molar-refractivity contribution is 7.11. The summed E-state index contributed by atoms with van der Waals surface area (Å²) in [6.07, 6.45) is 3.54. The zero-order valence-corrected chi connectivity index (χ0v) is 11.9. The van der Waals surface area contributed by atoms with Gasteiger partial charge in [-0.25, -0.2) is 4.98 Å². The van der Waals surface area contributed by atoms with E-state index in [-0.39, 0.29) is 0 Å². The van der Waals surface area contributed by atoms with Gasteiger partial charge in [0.15, 0.2) is 0 Å². The summed E-state index contributed by atoms with van der Waals surface area (Å²) in [7, 11) is 2.03. The van der Waals surface area contributed by atoms with Crippen LogP contribution in [0.15, 0.2) is 30.3 Å². The molecule has 0 aliphatic heterocycles. The molecule has 19 heavy (non-hydrogen) atoms. The maximum absolute atomic E-state index is 5.77. The van der Waals surface area contributed by atoms with Gasteiger partial charge >= 0.3 is 0 Å². The predicted octanol–water partition coefficient (Wildman–Crippen LogP) is 3.32. The number of fused-ring (bicyclic) bond motifs is 1. The quantitative estimate of drug-likeness (QED) is 0.928. The van der Waals surface area contributed by atoms with Crippen LogP contribution in [0.5, 0.6) is 5.75 Å². The number of benzene rings is 1. The fourth-order valence-electron chi connectivity index (χ4n) is 2.47. The van der Waals surface area contributed by atoms with Gasteiger partial charge in [-0.3, -0.25) is 0 Å². The third kappa shape index (κ3) is 2.80. The molecule has 1 atom stereocenters. The Labute approximate surface area is 117 Å². The van der Waals surface area contributed by atoms with Crippen molar-refractivity contribution in [2.24, 2.45) is 0 Å². The van der Waals surface area contributed by atoms with Crippen molar-refractivity contribution in [1.29, 1.82) is 0 Å². The number of aryl methyl sites for hydroxylation is 1. The zero-order valence-electron chi connectivity index (χ0n) is 11.1. The van der Waals surface area contributed by atoms with Gasteiger partial charge in [0.05, 0.1) is 5.69 Å². The molecule has 3 nitrogen and oxygen atoms in total. The molecule has 1 aromatic carbocycles. The highest BCUT2D eigenvalue weighted by Gasteiger charge is 2.23. The molecule has 1 aliphatic rings. The van der Waals surface area contributed by atoms with E-state index < -0.39 is 0 Å². The summed E-state index contributed by atoms with van der Waals surface area (Å²) in [6, 6.07) is 10.4.